The third kappa shape index (κ3) is 6.40. The van der Waals surface area contributed by atoms with Crippen LogP contribution < -0.4 is 10.6 Å². The average molecular weight is 440 g/mol. The highest BCUT2D eigenvalue weighted by molar-refractivity contribution is 14.0. The molecule has 6 heteroatoms. The van der Waals surface area contributed by atoms with Crippen LogP contribution >= 0.6 is 24.0 Å². The van der Waals surface area contributed by atoms with E-state index < -0.39 is 0 Å². The van der Waals surface area contributed by atoms with Crippen molar-refractivity contribution in [2.24, 2.45) is 4.99 Å². The number of rotatable bonds is 6. The quantitative estimate of drug-likeness (QED) is 0.309. The van der Waals surface area contributed by atoms with Crippen LogP contribution in [0.5, 0.6) is 0 Å². The molecule has 0 aliphatic carbocycles. The van der Waals surface area contributed by atoms with Crippen molar-refractivity contribution >= 4 is 35.8 Å². The number of hydrogen-bond donors (Lipinski definition) is 2. The van der Waals surface area contributed by atoms with E-state index in [-0.39, 0.29) is 29.9 Å². The Labute approximate surface area is 161 Å². The van der Waals surface area contributed by atoms with E-state index in [0.29, 0.717) is 26.1 Å². The van der Waals surface area contributed by atoms with E-state index in [1.807, 2.05) is 11.8 Å². The molecule has 24 heavy (non-hydrogen) atoms. The molecule has 0 atom stereocenters. The van der Waals surface area contributed by atoms with Crippen molar-refractivity contribution in [2.45, 2.75) is 32.9 Å². The van der Waals surface area contributed by atoms with E-state index in [1.165, 1.54) is 0 Å². The summed E-state index contributed by atoms with van der Waals surface area (Å²) in [7, 11) is 0. The summed E-state index contributed by atoms with van der Waals surface area (Å²) in [5.41, 5.74) is 2.28. The summed E-state index contributed by atoms with van der Waals surface area (Å²) in [6.07, 6.45) is 6.91. The minimum Gasteiger partial charge on any atom is -0.357 e. The Balaban J connectivity index is 0.00000288. The third-order valence-corrected chi connectivity index (χ3v) is 3.69. The fourth-order valence-electron chi connectivity index (χ4n) is 2.49. The molecular weight excluding hydrogens is 415 g/mol. The molecule has 130 valence electrons. The third-order valence-electron chi connectivity index (χ3n) is 3.69. The van der Waals surface area contributed by atoms with Gasteiger partial charge in [-0.3, -0.25) is 4.79 Å². The maximum atomic E-state index is 11.7. The van der Waals surface area contributed by atoms with Gasteiger partial charge in [-0.05, 0) is 24.5 Å². The molecule has 0 radical (unpaired) electrons. The molecule has 2 rings (SSSR count). The monoisotopic (exact) mass is 440 g/mol. The van der Waals surface area contributed by atoms with Gasteiger partial charge in [-0.1, -0.05) is 30.2 Å². The summed E-state index contributed by atoms with van der Waals surface area (Å²) in [6.45, 7) is 5.42. The van der Waals surface area contributed by atoms with E-state index in [0.717, 1.165) is 36.6 Å². The Kier molecular flexibility index (Phi) is 9.23. The van der Waals surface area contributed by atoms with Crippen LogP contribution in [0.1, 0.15) is 30.9 Å². The molecule has 1 amide bonds. The topological polar surface area (TPSA) is 56.7 Å². The van der Waals surface area contributed by atoms with Crippen molar-refractivity contribution in [1.29, 1.82) is 0 Å². The van der Waals surface area contributed by atoms with Gasteiger partial charge in [0.15, 0.2) is 5.96 Å². The lowest BCUT2D eigenvalue weighted by molar-refractivity contribution is -0.128. The summed E-state index contributed by atoms with van der Waals surface area (Å²) in [4.78, 5) is 18.1. The second-order valence-electron chi connectivity index (χ2n) is 5.49. The Hall–Kier alpha value is -1.75. The van der Waals surface area contributed by atoms with Gasteiger partial charge in [-0.2, -0.15) is 0 Å². The number of carbonyl (C=O) groups is 1. The van der Waals surface area contributed by atoms with Gasteiger partial charge in [0.05, 0.1) is 13.1 Å². The number of nitrogens with one attached hydrogen (secondary N) is 2. The minimum atomic E-state index is 0. The molecule has 1 aromatic rings. The van der Waals surface area contributed by atoms with E-state index >= 15 is 0 Å². The van der Waals surface area contributed by atoms with Crippen LogP contribution in [0.3, 0.4) is 0 Å². The Morgan fingerprint density at radius 3 is 2.58 bits per heavy atom. The van der Waals surface area contributed by atoms with Crippen molar-refractivity contribution < 1.29 is 4.79 Å². The van der Waals surface area contributed by atoms with Gasteiger partial charge >= 0.3 is 0 Å². The minimum absolute atomic E-state index is 0. The van der Waals surface area contributed by atoms with Gasteiger partial charge in [0.25, 0.3) is 0 Å². The first-order valence-corrected chi connectivity index (χ1v) is 8.04. The molecule has 0 unspecified atom stereocenters. The lowest BCUT2D eigenvalue weighted by Gasteiger charge is -2.15. The molecule has 0 spiro atoms. The Bertz CT molecular complexity index is 592. The highest BCUT2D eigenvalue weighted by Crippen LogP contribution is 2.15. The van der Waals surface area contributed by atoms with Crippen LogP contribution in [-0.4, -0.2) is 36.4 Å². The van der Waals surface area contributed by atoms with Gasteiger partial charge in [0, 0.05) is 26.1 Å². The number of amides is 1. The smallest absolute Gasteiger partial charge is 0.222 e. The number of carbonyl (C=O) groups excluding carboxylic acids is 1. The first-order chi connectivity index (χ1) is 11.2. The van der Waals surface area contributed by atoms with Crippen molar-refractivity contribution in [2.75, 3.05) is 19.6 Å². The van der Waals surface area contributed by atoms with Crippen LogP contribution in [0.4, 0.5) is 0 Å². The lowest BCUT2D eigenvalue weighted by atomic mass is 10.1. The largest absolute Gasteiger partial charge is 0.357 e. The summed E-state index contributed by atoms with van der Waals surface area (Å²) in [5, 5.41) is 6.22. The first-order valence-electron chi connectivity index (χ1n) is 8.04. The number of benzene rings is 1. The molecule has 1 aromatic carbocycles. The summed E-state index contributed by atoms with van der Waals surface area (Å²) >= 11 is 0. The molecule has 1 aliphatic heterocycles. The Morgan fingerprint density at radius 2 is 2.00 bits per heavy atom. The van der Waals surface area contributed by atoms with E-state index in [1.54, 1.807) is 0 Å². The number of guanidine groups is 1. The molecule has 1 heterocycles. The summed E-state index contributed by atoms with van der Waals surface area (Å²) < 4.78 is 0. The number of terminal acetylenes is 1. The van der Waals surface area contributed by atoms with Gasteiger partial charge < -0.3 is 15.5 Å². The van der Waals surface area contributed by atoms with Crippen molar-refractivity contribution in [3.05, 3.63) is 35.4 Å². The Morgan fingerprint density at radius 1 is 1.29 bits per heavy atom. The van der Waals surface area contributed by atoms with Crippen molar-refractivity contribution in [3.63, 3.8) is 0 Å². The van der Waals surface area contributed by atoms with Crippen molar-refractivity contribution in [3.8, 4) is 12.3 Å². The van der Waals surface area contributed by atoms with Crippen LogP contribution in [0.25, 0.3) is 0 Å². The predicted molar refractivity (Wildman–Crippen MR) is 108 cm³/mol. The normalized spacial score (nSPS) is 14.1. The second-order valence-corrected chi connectivity index (χ2v) is 5.49. The zero-order valence-electron chi connectivity index (χ0n) is 14.0. The fraction of sp³-hybridized carbons (Fsp3) is 0.444. The van der Waals surface area contributed by atoms with E-state index in [4.69, 9.17) is 6.42 Å². The zero-order chi connectivity index (χ0) is 16.5. The maximum absolute atomic E-state index is 11.7. The van der Waals surface area contributed by atoms with Gasteiger partial charge in [-0.25, -0.2) is 4.99 Å². The molecule has 0 saturated carbocycles. The zero-order valence-corrected chi connectivity index (χ0v) is 16.4. The number of hydrogen-bond acceptors (Lipinski definition) is 2. The molecular formula is C18H25IN4O. The molecule has 1 fully saturated rings. The maximum Gasteiger partial charge on any atom is 0.222 e. The SMILES string of the molecule is C#CCNC(=NCc1ccc(CN2CCCC2=O)cc1)NCC.I. The van der Waals surface area contributed by atoms with E-state index in [9.17, 15) is 4.79 Å². The van der Waals surface area contributed by atoms with Gasteiger partial charge in [-0.15, -0.1) is 30.4 Å². The molecule has 0 bridgehead atoms. The number of aliphatic imine (C=N–C) groups is 1. The summed E-state index contributed by atoms with van der Waals surface area (Å²) in [6, 6.07) is 8.25. The lowest BCUT2D eigenvalue weighted by Crippen LogP contribution is -2.37. The van der Waals surface area contributed by atoms with Crippen LogP contribution in [0.2, 0.25) is 0 Å². The second kappa shape index (κ2) is 10.9. The molecule has 5 nitrogen and oxygen atoms in total. The number of likely N-dealkylation sites (tertiary alicyclic amines) is 1. The average Bonchev–Trinajstić information content (AvgIpc) is 2.96. The van der Waals surface area contributed by atoms with Crippen LogP contribution in [0.15, 0.2) is 29.3 Å². The van der Waals surface area contributed by atoms with Gasteiger partial charge in [0.1, 0.15) is 0 Å². The highest BCUT2D eigenvalue weighted by atomic mass is 127. The first kappa shape index (κ1) is 20.3. The molecule has 2 N–H and O–H groups in total. The van der Waals surface area contributed by atoms with Gasteiger partial charge in [0.2, 0.25) is 5.91 Å². The summed E-state index contributed by atoms with van der Waals surface area (Å²) in [5.74, 6) is 3.51. The van der Waals surface area contributed by atoms with Crippen LogP contribution in [0, 0.1) is 12.3 Å². The standard InChI is InChI=1S/C18H24N4O.HI/c1-3-11-20-18(19-4-2)21-13-15-7-9-16(10-8-15)14-22-12-5-6-17(22)23;/h1,7-10H,4-6,11-14H2,2H3,(H2,19,20,21);1H. The molecule has 1 aliphatic rings. The highest BCUT2D eigenvalue weighted by Gasteiger charge is 2.19. The fourth-order valence-corrected chi connectivity index (χ4v) is 2.49. The van der Waals surface area contributed by atoms with Crippen molar-refractivity contribution in [1.82, 2.24) is 15.5 Å². The number of halogens is 1. The molecule has 0 aromatic heterocycles. The number of nitrogens with zero attached hydrogens (tertiary/aromatic N) is 2. The predicted octanol–water partition coefficient (Wildman–Crippen LogP) is 2.12. The van der Waals surface area contributed by atoms with Crippen LogP contribution in [-0.2, 0) is 17.9 Å². The van der Waals surface area contributed by atoms with E-state index in [2.05, 4.69) is 45.8 Å². The molecule has 1 saturated heterocycles.